The van der Waals surface area contributed by atoms with Crippen LogP contribution in [0.1, 0.15) is 85.0 Å². The van der Waals surface area contributed by atoms with Gasteiger partial charge < -0.3 is 10.2 Å². The van der Waals surface area contributed by atoms with Crippen molar-refractivity contribution >= 4 is 0 Å². The first kappa shape index (κ1) is 18.3. The molecule has 0 saturated carbocycles. The minimum absolute atomic E-state index is 0.531. The lowest BCUT2D eigenvalue weighted by atomic mass is 10.1. The van der Waals surface area contributed by atoms with Crippen molar-refractivity contribution in [2.75, 3.05) is 0 Å². The molecular weight excluding hydrogens is 200 g/mol. The first-order valence-corrected chi connectivity index (χ1v) is 7.05. The molecule has 0 bridgehead atoms. The van der Waals surface area contributed by atoms with Crippen molar-refractivity contribution in [3.05, 3.63) is 0 Å². The van der Waals surface area contributed by atoms with Crippen molar-refractivity contribution in [3.8, 4) is 0 Å². The van der Waals surface area contributed by atoms with E-state index < -0.39 is 6.29 Å². The Bertz CT molecular complexity index is 98.9. The van der Waals surface area contributed by atoms with Gasteiger partial charge in [-0.2, -0.15) is 0 Å². The summed E-state index contributed by atoms with van der Waals surface area (Å²) in [4.78, 5) is 0. The summed E-state index contributed by atoms with van der Waals surface area (Å²) in [5.74, 6) is 0. The summed E-state index contributed by atoms with van der Waals surface area (Å²) < 4.78 is 0. The third-order valence-corrected chi connectivity index (χ3v) is 2.52. The molecule has 0 saturated heterocycles. The molecule has 0 aliphatic rings. The third-order valence-electron chi connectivity index (χ3n) is 2.52. The predicted octanol–water partition coefficient (Wildman–Crippen LogP) is 4.24. The normalized spacial score (nSPS) is 10.1. The fourth-order valence-electron chi connectivity index (χ4n) is 1.43. The Labute approximate surface area is 102 Å². The van der Waals surface area contributed by atoms with Crippen LogP contribution in [0, 0.1) is 0 Å². The second kappa shape index (κ2) is 17.3. The van der Waals surface area contributed by atoms with E-state index in [9.17, 15) is 0 Å². The second-order valence-electron chi connectivity index (χ2n) is 4.39. The zero-order chi connectivity index (χ0) is 12.6. The monoisotopic (exact) mass is 232 g/mol. The topological polar surface area (TPSA) is 40.5 Å². The number of hydrogen-bond acceptors (Lipinski definition) is 2. The molecule has 0 aromatic carbocycles. The number of hydrogen-bond donors (Lipinski definition) is 2. The Kier molecular flexibility index (Phi) is 19.8. The fraction of sp³-hybridized carbons (Fsp3) is 1.00. The van der Waals surface area contributed by atoms with E-state index in [4.69, 9.17) is 10.2 Å². The Morgan fingerprint density at radius 1 is 0.625 bits per heavy atom. The smallest absolute Gasteiger partial charge is 0.151 e. The van der Waals surface area contributed by atoms with Crippen LogP contribution in [0.15, 0.2) is 0 Å². The van der Waals surface area contributed by atoms with Gasteiger partial charge >= 0.3 is 0 Å². The van der Waals surface area contributed by atoms with Crippen molar-refractivity contribution in [1.82, 2.24) is 0 Å². The molecular formula is C14H32O2. The SMILES string of the molecule is CCCCCC.CCCCCCCC(O)O. The van der Waals surface area contributed by atoms with Crippen LogP contribution in [0.3, 0.4) is 0 Å². The Hall–Kier alpha value is -0.0800. The maximum atomic E-state index is 8.46. The van der Waals surface area contributed by atoms with Crippen LogP contribution in [0.25, 0.3) is 0 Å². The number of aliphatic hydroxyl groups is 2. The van der Waals surface area contributed by atoms with Crippen LogP contribution < -0.4 is 0 Å². The van der Waals surface area contributed by atoms with E-state index >= 15 is 0 Å². The van der Waals surface area contributed by atoms with Gasteiger partial charge in [-0.3, -0.25) is 0 Å². The van der Waals surface area contributed by atoms with Gasteiger partial charge in [0.2, 0.25) is 0 Å². The van der Waals surface area contributed by atoms with Gasteiger partial charge in [-0.25, -0.2) is 0 Å². The molecule has 0 amide bonds. The van der Waals surface area contributed by atoms with Gasteiger partial charge in [0.05, 0.1) is 0 Å². The Morgan fingerprint density at radius 3 is 1.38 bits per heavy atom. The van der Waals surface area contributed by atoms with Gasteiger partial charge in [-0.1, -0.05) is 72.1 Å². The van der Waals surface area contributed by atoms with Gasteiger partial charge in [0, 0.05) is 0 Å². The molecule has 2 nitrogen and oxygen atoms in total. The maximum Gasteiger partial charge on any atom is 0.151 e. The maximum absolute atomic E-state index is 8.46. The zero-order valence-corrected chi connectivity index (χ0v) is 11.5. The molecule has 0 aromatic heterocycles. The average Bonchev–Trinajstić information content (AvgIpc) is 2.26. The number of rotatable bonds is 9. The standard InChI is InChI=1S/C8H18O2.C6H14/c1-2-3-4-5-6-7-8(9)10;1-3-5-6-4-2/h8-10H,2-7H2,1H3;3-6H2,1-2H3. The van der Waals surface area contributed by atoms with Crippen LogP contribution in [0.2, 0.25) is 0 Å². The molecule has 2 N–H and O–H groups in total. The molecule has 0 unspecified atom stereocenters. The fourth-order valence-corrected chi connectivity index (χ4v) is 1.43. The molecule has 100 valence electrons. The Balaban J connectivity index is 0. The summed E-state index contributed by atoms with van der Waals surface area (Å²) in [6, 6.07) is 0. The van der Waals surface area contributed by atoms with E-state index in [-0.39, 0.29) is 0 Å². The molecule has 0 aliphatic heterocycles. The lowest BCUT2D eigenvalue weighted by molar-refractivity contribution is -0.0465. The summed E-state index contributed by atoms with van der Waals surface area (Å²) in [6.07, 6.45) is 10.8. The molecule has 0 spiro atoms. The summed E-state index contributed by atoms with van der Waals surface area (Å²) >= 11 is 0. The molecule has 2 heteroatoms. The van der Waals surface area contributed by atoms with E-state index in [2.05, 4.69) is 20.8 Å². The molecule has 0 rings (SSSR count). The molecule has 0 atom stereocenters. The van der Waals surface area contributed by atoms with Gasteiger partial charge in [-0.05, 0) is 12.8 Å². The highest BCUT2D eigenvalue weighted by Gasteiger charge is 1.95. The van der Waals surface area contributed by atoms with E-state index in [0.29, 0.717) is 6.42 Å². The van der Waals surface area contributed by atoms with Gasteiger partial charge in [-0.15, -0.1) is 0 Å². The number of aliphatic hydroxyl groups excluding tert-OH is 1. The first-order valence-electron chi connectivity index (χ1n) is 7.05. The van der Waals surface area contributed by atoms with E-state index in [1.54, 1.807) is 0 Å². The largest absolute Gasteiger partial charge is 0.368 e. The van der Waals surface area contributed by atoms with Crippen molar-refractivity contribution in [2.45, 2.75) is 91.3 Å². The third kappa shape index (κ3) is 23.6. The lowest BCUT2D eigenvalue weighted by Crippen LogP contribution is -2.02. The van der Waals surface area contributed by atoms with Crippen LogP contribution in [0.4, 0.5) is 0 Å². The molecule has 0 aromatic rings. The summed E-state index contributed by atoms with van der Waals surface area (Å²) in [7, 11) is 0. The summed E-state index contributed by atoms with van der Waals surface area (Å²) in [5.41, 5.74) is 0. The molecule has 0 fully saturated rings. The Morgan fingerprint density at radius 2 is 1.00 bits per heavy atom. The molecule has 16 heavy (non-hydrogen) atoms. The zero-order valence-electron chi connectivity index (χ0n) is 11.5. The van der Waals surface area contributed by atoms with Crippen molar-refractivity contribution in [1.29, 1.82) is 0 Å². The van der Waals surface area contributed by atoms with Gasteiger partial charge in [0.1, 0.15) is 0 Å². The second-order valence-corrected chi connectivity index (χ2v) is 4.39. The lowest BCUT2D eigenvalue weighted by Gasteiger charge is -2.01. The quantitative estimate of drug-likeness (QED) is 0.461. The number of unbranched alkanes of at least 4 members (excludes halogenated alkanes) is 7. The van der Waals surface area contributed by atoms with Gasteiger partial charge in [0.25, 0.3) is 0 Å². The van der Waals surface area contributed by atoms with Crippen LogP contribution in [-0.4, -0.2) is 16.5 Å². The molecule has 0 radical (unpaired) electrons. The van der Waals surface area contributed by atoms with E-state index in [1.807, 2.05) is 0 Å². The van der Waals surface area contributed by atoms with Crippen molar-refractivity contribution in [2.24, 2.45) is 0 Å². The van der Waals surface area contributed by atoms with Crippen LogP contribution in [-0.2, 0) is 0 Å². The van der Waals surface area contributed by atoms with Crippen molar-refractivity contribution in [3.63, 3.8) is 0 Å². The van der Waals surface area contributed by atoms with Crippen LogP contribution in [0.5, 0.6) is 0 Å². The highest BCUT2D eigenvalue weighted by Crippen LogP contribution is 2.05. The minimum atomic E-state index is -1.10. The molecule has 0 aliphatic carbocycles. The summed E-state index contributed by atoms with van der Waals surface area (Å²) in [6.45, 7) is 6.63. The van der Waals surface area contributed by atoms with Crippen molar-refractivity contribution < 1.29 is 10.2 Å². The predicted molar refractivity (Wildman–Crippen MR) is 71.4 cm³/mol. The van der Waals surface area contributed by atoms with E-state index in [0.717, 1.165) is 12.8 Å². The highest BCUT2D eigenvalue weighted by atomic mass is 16.5. The molecule has 0 heterocycles. The highest BCUT2D eigenvalue weighted by molar-refractivity contribution is 4.44. The van der Waals surface area contributed by atoms with Crippen LogP contribution >= 0.6 is 0 Å². The van der Waals surface area contributed by atoms with Gasteiger partial charge in [0.15, 0.2) is 6.29 Å². The minimum Gasteiger partial charge on any atom is -0.368 e. The van der Waals surface area contributed by atoms with E-state index in [1.165, 1.54) is 44.9 Å². The first-order chi connectivity index (χ1) is 7.68. The summed E-state index contributed by atoms with van der Waals surface area (Å²) in [5, 5.41) is 16.9. The average molecular weight is 232 g/mol.